The Morgan fingerprint density at radius 1 is 0.842 bits per heavy atom. The van der Waals surface area contributed by atoms with Crippen molar-refractivity contribution in [3.63, 3.8) is 0 Å². The van der Waals surface area contributed by atoms with Gasteiger partial charge in [0.25, 0.3) is 0 Å². The molecule has 106 valence electrons. The van der Waals surface area contributed by atoms with Crippen LogP contribution in [0.25, 0.3) is 0 Å². The van der Waals surface area contributed by atoms with Crippen molar-refractivity contribution in [3.05, 3.63) is 0 Å². The van der Waals surface area contributed by atoms with Gasteiger partial charge in [-0.05, 0) is 37.5 Å². The lowest BCUT2D eigenvalue weighted by molar-refractivity contribution is -0.171. The summed E-state index contributed by atoms with van der Waals surface area (Å²) in [4.78, 5) is 0. The lowest BCUT2D eigenvalue weighted by Gasteiger charge is -2.52. The molecule has 3 fully saturated rings. The fourth-order valence-electron chi connectivity index (χ4n) is 4.40. The minimum atomic E-state index is 0.297. The van der Waals surface area contributed by atoms with E-state index in [1.165, 1.54) is 0 Å². The molecular weight excluding hydrogens is 239 g/mol. The molecule has 0 aromatic carbocycles. The highest BCUT2D eigenvalue weighted by Crippen LogP contribution is 2.49. The molecule has 19 heavy (non-hydrogen) atoms. The molecule has 1 heterocycles. The third-order valence-corrected chi connectivity index (χ3v) is 5.59. The van der Waals surface area contributed by atoms with Gasteiger partial charge in [0.2, 0.25) is 0 Å². The number of methoxy groups -OCH3 is 2. The Kier molecular flexibility index (Phi) is 4.21. The molecule has 6 unspecified atom stereocenters. The van der Waals surface area contributed by atoms with Crippen LogP contribution in [0, 0.1) is 11.8 Å². The number of hydrogen-bond donors (Lipinski definition) is 0. The average molecular weight is 264 g/mol. The van der Waals surface area contributed by atoms with Crippen LogP contribution >= 0.6 is 0 Å². The Balaban J connectivity index is 1.69. The second-order valence-electron chi connectivity index (χ2n) is 6.46. The van der Waals surface area contributed by atoms with Crippen molar-refractivity contribution in [2.24, 2.45) is 11.8 Å². The molecule has 2 saturated carbocycles. The summed E-state index contributed by atoms with van der Waals surface area (Å²) in [6, 6.07) is 0. The number of hydrogen-bond acceptors (Lipinski definition) is 3. The van der Waals surface area contributed by atoms with Gasteiger partial charge in [-0.15, -0.1) is 0 Å². The Bertz CT molecular complexity index is 284. The Labute approximate surface area is 117 Å². The van der Waals surface area contributed by atoms with E-state index < -0.39 is 0 Å². The van der Waals surface area contributed by atoms with E-state index in [1.807, 2.05) is 0 Å². The maximum Gasteiger partial charge on any atom is 0.0709 e. The standard InChI is InChI=1S/C15H25BO3/c1-17-9-3-5-11-13(7-9)19-14-8-10(18-2)4-6-12(14)15(11)16/h9-15H,3-8H2,1-2H3. The SMILES string of the molecule is [B]C1C2CCC(OC)CC2OC2CC(OC)CCC21. The van der Waals surface area contributed by atoms with Gasteiger partial charge < -0.3 is 14.2 Å². The predicted octanol–water partition coefficient (Wildman–Crippen LogP) is 2.34. The van der Waals surface area contributed by atoms with Crippen LogP contribution in [0.1, 0.15) is 38.5 Å². The molecule has 3 aliphatic rings. The molecule has 2 aliphatic carbocycles. The molecule has 4 heteroatoms. The first-order valence-corrected chi connectivity index (χ1v) is 7.69. The van der Waals surface area contributed by atoms with Gasteiger partial charge in [0.15, 0.2) is 0 Å². The maximum absolute atomic E-state index is 6.56. The van der Waals surface area contributed by atoms with Crippen LogP contribution in [0.4, 0.5) is 0 Å². The fourth-order valence-corrected chi connectivity index (χ4v) is 4.40. The van der Waals surface area contributed by atoms with Crippen LogP contribution in [-0.4, -0.2) is 46.5 Å². The first kappa shape index (κ1) is 13.9. The van der Waals surface area contributed by atoms with Crippen molar-refractivity contribution in [2.45, 2.75) is 68.8 Å². The third-order valence-electron chi connectivity index (χ3n) is 5.59. The van der Waals surface area contributed by atoms with Crippen LogP contribution in [0.5, 0.6) is 0 Å². The summed E-state index contributed by atoms with van der Waals surface area (Å²) >= 11 is 0. The van der Waals surface area contributed by atoms with Crippen LogP contribution in [0.2, 0.25) is 5.82 Å². The predicted molar refractivity (Wildman–Crippen MR) is 74.4 cm³/mol. The van der Waals surface area contributed by atoms with E-state index in [0.29, 0.717) is 42.1 Å². The molecule has 6 atom stereocenters. The molecule has 1 saturated heterocycles. The summed E-state index contributed by atoms with van der Waals surface area (Å²) in [5.74, 6) is 1.37. The molecule has 0 bridgehead atoms. The van der Waals surface area contributed by atoms with Gasteiger partial charge in [-0.1, -0.05) is 5.82 Å². The highest BCUT2D eigenvalue weighted by Gasteiger charge is 2.47. The number of ether oxygens (including phenoxy) is 3. The van der Waals surface area contributed by atoms with E-state index in [-0.39, 0.29) is 0 Å². The van der Waals surface area contributed by atoms with Gasteiger partial charge in [-0.25, -0.2) is 0 Å². The van der Waals surface area contributed by atoms with Crippen molar-refractivity contribution in [2.75, 3.05) is 14.2 Å². The maximum atomic E-state index is 6.56. The van der Waals surface area contributed by atoms with E-state index in [0.717, 1.165) is 38.5 Å². The zero-order valence-corrected chi connectivity index (χ0v) is 12.1. The monoisotopic (exact) mass is 264 g/mol. The molecule has 1 aliphatic heterocycles. The Morgan fingerprint density at radius 2 is 1.32 bits per heavy atom. The van der Waals surface area contributed by atoms with Crippen molar-refractivity contribution in [1.29, 1.82) is 0 Å². The lowest BCUT2D eigenvalue weighted by atomic mass is 9.57. The molecule has 3 rings (SSSR count). The van der Waals surface area contributed by atoms with Gasteiger partial charge in [0.1, 0.15) is 0 Å². The van der Waals surface area contributed by atoms with Crippen molar-refractivity contribution in [3.8, 4) is 0 Å². The zero-order chi connectivity index (χ0) is 13.4. The average Bonchev–Trinajstić information content (AvgIpc) is 2.46. The number of rotatable bonds is 2. The normalized spacial score (nSPS) is 50.3. The second kappa shape index (κ2) is 5.75. The summed E-state index contributed by atoms with van der Waals surface area (Å²) < 4.78 is 17.4. The first-order chi connectivity index (χ1) is 9.22. The second-order valence-corrected chi connectivity index (χ2v) is 6.46. The summed E-state index contributed by atoms with van der Waals surface area (Å²) in [5.41, 5.74) is 0. The zero-order valence-electron chi connectivity index (χ0n) is 12.1. The van der Waals surface area contributed by atoms with E-state index in [9.17, 15) is 0 Å². The van der Waals surface area contributed by atoms with Crippen molar-refractivity contribution in [1.82, 2.24) is 0 Å². The Morgan fingerprint density at radius 3 is 1.74 bits per heavy atom. The molecular formula is C15H25BO3. The minimum absolute atomic E-state index is 0.297. The third kappa shape index (κ3) is 2.59. The van der Waals surface area contributed by atoms with Gasteiger partial charge in [0.05, 0.1) is 32.3 Å². The molecule has 2 radical (unpaired) electrons. The van der Waals surface area contributed by atoms with Crippen LogP contribution < -0.4 is 0 Å². The summed E-state index contributed by atoms with van der Waals surface area (Å²) in [7, 11) is 10.2. The van der Waals surface area contributed by atoms with Crippen LogP contribution in [0.15, 0.2) is 0 Å². The molecule has 0 aromatic rings. The minimum Gasteiger partial charge on any atom is -0.381 e. The van der Waals surface area contributed by atoms with Gasteiger partial charge >= 0.3 is 0 Å². The van der Waals surface area contributed by atoms with Gasteiger partial charge in [-0.2, -0.15) is 0 Å². The fraction of sp³-hybridized carbons (Fsp3) is 1.00. The highest BCUT2D eigenvalue weighted by atomic mass is 16.5. The topological polar surface area (TPSA) is 27.7 Å². The quantitative estimate of drug-likeness (QED) is 0.716. The number of fused-ring (bicyclic) bond motifs is 2. The smallest absolute Gasteiger partial charge is 0.0709 e. The van der Waals surface area contributed by atoms with E-state index in [2.05, 4.69) is 0 Å². The van der Waals surface area contributed by atoms with Crippen molar-refractivity contribution < 1.29 is 14.2 Å². The Hall–Kier alpha value is -0.0551. The molecule has 0 N–H and O–H groups in total. The van der Waals surface area contributed by atoms with Gasteiger partial charge in [-0.3, -0.25) is 0 Å². The molecule has 3 nitrogen and oxygen atoms in total. The first-order valence-electron chi connectivity index (χ1n) is 7.69. The van der Waals surface area contributed by atoms with E-state index in [4.69, 9.17) is 22.1 Å². The van der Waals surface area contributed by atoms with E-state index >= 15 is 0 Å². The van der Waals surface area contributed by atoms with Crippen molar-refractivity contribution >= 4 is 7.85 Å². The summed E-state index contributed by atoms with van der Waals surface area (Å²) in [5, 5.41) is 0. The summed E-state index contributed by atoms with van der Waals surface area (Å²) in [6.45, 7) is 0. The van der Waals surface area contributed by atoms with Gasteiger partial charge in [0, 0.05) is 27.1 Å². The van der Waals surface area contributed by atoms with E-state index in [1.54, 1.807) is 14.2 Å². The molecule has 0 spiro atoms. The van der Waals surface area contributed by atoms with Crippen LogP contribution in [0.3, 0.4) is 0 Å². The summed E-state index contributed by atoms with van der Waals surface area (Å²) in [6.07, 6.45) is 7.89. The van der Waals surface area contributed by atoms with Crippen LogP contribution in [-0.2, 0) is 14.2 Å². The largest absolute Gasteiger partial charge is 0.381 e. The molecule has 0 amide bonds. The lowest BCUT2D eigenvalue weighted by Crippen LogP contribution is -2.51. The highest BCUT2D eigenvalue weighted by molar-refractivity contribution is 6.12. The molecule has 0 aromatic heterocycles.